The summed E-state index contributed by atoms with van der Waals surface area (Å²) >= 11 is 0. The van der Waals surface area contributed by atoms with Crippen LogP contribution in [0, 0.1) is 0 Å². The van der Waals surface area contributed by atoms with Crippen molar-refractivity contribution in [2.45, 2.75) is 25.5 Å². The maximum atomic E-state index is 13.1. The van der Waals surface area contributed by atoms with Crippen LogP contribution in [0.1, 0.15) is 23.6 Å². The Morgan fingerprint density at radius 1 is 1.19 bits per heavy atom. The Bertz CT molecular complexity index is 855. The molecule has 136 valence electrons. The molecule has 0 radical (unpaired) electrons. The second-order valence-corrected chi connectivity index (χ2v) is 5.97. The number of carbonyl (C=O) groups excluding carboxylic acids is 1. The summed E-state index contributed by atoms with van der Waals surface area (Å²) in [5, 5.41) is 0. The average Bonchev–Trinajstić information content (AvgIpc) is 2.87. The van der Waals surface area contributed by atoms with E-state index in [4.69, 9.17) is 5.73 Å². The van der Waals surface area contributed by atoms with Crippen molar-refractivity contribution in [3.05, 3.63) is 65.2 Å². The molecule has 1 aliphatic heterocycles. The predicted octanol–water partition coefficient (Wildman–Crippen LogP) is 2.88. The van der Waals surface area contributed by atoms with Crippen LogP contribution < -0.4 is 10.5 Å². The van der Waals surface area contributed by atoms with Crippen molar-refractivity contribution in [1.29, 1.82) is 0 Å². The molecule has 2 N–H and O–H groups in total. The number of carbonyl (C=O) groups is 1. The number of amides is 1. The van der Waals surface area contributed by atoms with Gasteiger partial charge in [-0.1, -0.05) is 43.3 Å². The van der Waals surface area contributed by atoms with Crippen LogP contribution in [0.2, 0.25) is 0 Å². The Labute approximate surface area is 150 Å². The Kier molecular flexibility index (Phi) is 4.63. The molecule has 0 spiro atoms. The number of ether oxygens (including phenoxy) is 1. The number of nitrogens with two attached hydrogens (primary N) is 1. The van der Waals surface area contributed by atoms with Gasteiger partial charge in [0.15, 0.2) is 11.5 Å². The van der Waals surface area contributed by atoms with Crippen molar-refractivity contribution in [2.24, 2.45) is 10.7 Å². The normalized spacial score (nSPS) is 19.8. The first-order valence-electron chi connectivity index (χ1n) is 8.17. The van der Waals surface area contributed by atoms with Crippen LogP contribution in [0.3, 0.4) is 0 Å². The number of hydrogen-bond donors (Lipinski definition) is 1. The van der Waals surface area contributed by atoms with Crippen LogP contribution in [0.25, 0.3) is 0 Å². The first-order chi connectivity index (χ1) is 12.4. The molecule has 2 aromatic carbocycles. The molecule has 3 rings (SSSR count). The molecule has 0 aliphatic carbocycles. The van der Waals surface area contributed by atoms with Gasteiger partial charge in [0.2, 0.25) is 0 Å². The van der Waals surface area contributed by atoms with E-state index in [-0.39, 0.29) is 17.6 Å². The van der Waals surface area contributed by atoms with Gasteiger partial charge in [0.25, 0.3) is 5.91 Å². The molecule has 7 heteroatoms. The Balaban J connectivity index is 2.20. The Morgan fingerprint density at radius 3 is 2.42 bits per heavy atom. The fourth-order valence-corrected chi connectivity index (χ4v) is 3.16. The third-order valence-electron chi connectivity index (χ3n) is 4.51. The molecular formula is C19H19F2N3O2. The SMILES string of the molecule is CCc1cc(C2(c3ccccc3)N=C(N)N(C)C2=O)ccc1OC(F)F. The highest BCUT2D eigenvalue weighted by molar-refractivity contribution is 6.08. The second kappa shape index (κ2) is 6.74. The van der Waals surface area contributed by atoms with Crippen LogP contribution >= 0.6 is 0 Å². The molecule has 0 saturated carbocycles. The van der Waals surface area contributed by atoms with Gasteiger partial charge in [0, 0.05) is 7.05 Å². The zero-order valence-corrected chi connectivity index (χ0v) is 14.4. The summed E-state index contributed by atoms with van der Waals surface area (Å²) in [7, 11) is 1.56. The number of rotatable bonds is 5. The predicted molar refractivity (Wildman–Crippen MR) is 94.1 cm³/mol. The lowest BCUT2D eigenvalue weighted by molar-refractivity contribution is -0.129. The first-order valence-corrected chi connectivity index (χ1v) is 8.17. The molecule has 1 heterocycles. The summed E-state index contributed by atoms with van der Waals surface area (Å²) in [5.41, 5.74) is 6.35. The van der Waals surface area contributed by atoms with Crippen molar-refractivity contribution in [1.82, 2.24) is 4.90 Å². The number of alkyl halides is 2. The topological polar surface area (TPSA) is 67.9 Å². The second-order valence-electron chi connectivity index (χ2n) is 5.97. The van der Waals surface area contributed by atoms with E-state index in [1.807, 2.05) is 25.1 Å². The summed E-state index contributed by atoms with van der Waals surface area (Å²) in [6, 6.07) is 13.8. The van der Waals surface area contributed by atoms with Crippen LogP contribution in [-0.2, 0) is 16.8 Å². The van der Waals surface area contributed by atoms with Gasteiger partial charge in [0.05, 0.1) is 0 Å². The molecule has 1 unspecified atom stereocenters. The van der Waals surface area contributed by atoms with E-state index in [9.17, 15) is 13.6 Å². The molecule has 26 heavy (non-hydrogen) atoms. The van der Waals surface area contributed by atoms with Crippen LogP contribution in [0.5, 0.6) is 5.75 Å². The van der Waals surface area contributed by atoms with Gasteiger partial charge in [-0.25, -0.2) is 4.99 Å². The van der Waals surface area contributed by atoms with Gasteiger partial charge >= 0.3 is 6.61 Å². The molecule has 1 atom stereocenters. The highest BCUT2D eigenvalue weighted by atomic mass is 19.3. The van der Waals surface area contributed by atoms with Gasteiger partial charge in [-0.15, -0.1) is 0 Å². The molecular weight excluding hydrogens is 340 g/mol. The molecule has 0 bridgehead atoms. The quantitative estimate of drug-likeness (QED) is 0.893. The van der Waals surface area contributed by atoms with Crippen LogP contribution in [0.15, 0.2) is 53.5 Å². The third kappa shape index (κ3) is 2.79. The van der Waals surface area contributed by atoms with Crippen molar-refractivity contribution in [3.63, 3.8) is 0 Å². The maximum Gasteiger partial charge on any atom is 0.387 e. The van der Waals surface area contributed by atoms with Crippen LogP contribution in [0.4, 0.5) is 8.78 Å². The first kappa shape index (κ1) is 17.8. The number of nitrogens with zero attached hydrogens (tertiary/aromatic N) is 2. The summed E-state index contributed by atoms with van der Waals surface area (Å²) < 4.78 is 29.8. The number of hydrogen-bond acceptors (Lipinski definition) is 4. The van der Waals surface area contributed by atoms with Gasteiger partial charge in [-0.3, -0.25) is 9.69 Å². The number of aryl methyl sites for hydroxylation is 1. The molecule has 0 fully saturated rings. The summed E-state index contributed by atoms with van der Waals surface area (Å²) in [6.07, 6.45) is 0.462. The van der Waals surface area contributed by atoms with Crippen molar-refractivity contribution in [3.8, 4) is 5.75 Å². The monoisotopic (exact) mass is 359 g/mol. The van der Waals surface area contributed by atoms with E-state index in [2.05, 4.69) is 9.73 Å². The Hall–Kier alpha value is -2.96. The third-order valence-corrected chi connectivity index (χ3v) is 4.51. The minimum absolute atomic E-state index is 0.0882. The number of guanidine groups is 1. The minimum atomic E-state index is -2.91. The van der Waals surface area contributed by atoms with Gasteiger partial charge in [0.1, 0.15) is 5.75 Å². The lowest BCUT2D eigenvalue weighted by atomic mass is 9.82. The summed E-state index contributed by atoms with van der Waals surface area (Å²) in [5.74, 6) is -0.110. The smallest absolute Gasteiger partial charge is 0.387 e. The molecule has 1 aliphatic rings. The van der Waals surface area contributed by atoms with Gasteiger partial charge in [-0.2, -0.15) is 8.78 Å². The van der Waals surface area contributed by atoms with Gasteiger partial charge in [-0.05, 0) is 35.2 Å². The summed E-state index contributed by atoms with van der Waals surface area (Å²) in [4.78, 5) is 18.8. The average molecular weight is 359 g/mol. The van der Waals surface area contributed by atoms with E-state index in [1.165, 1.54) is 11.0 Å². The van der Waals surface area contributed by atoms with E-state index in [0.29, 0.717) is 23.1 Å². The van der Waals surface area contributed by atoms with E-state index >= 15 is 0 Å². The number of benzene rings is 2. The fraction of sp³-hybridized carbons (Fsp3) is 0.263. The molecule has 2 aromatic rings. The number of likely N-dealkylation sites (N-methyl/N-ethyl adjacent to an activating group) is 1. The largest absolute Gasteiger partial charge is 0.435 e. The number of halogens is 2. The molecule has 5 nitrogen and oxygen atoms in total. The highest BCUT2D eigenvalue weighted by Crippen LogP contribution is 2.40. The highest BCUT2D eigenvalue weighted by Gasteiger charge is 2.49. The van der Waals surface area contributed by atoms with E-state index in [1.54, 1.807) is 31.3 Å². The van der Waals surface area contributed by atoms with Crippen molar-refractivity contribution >= 4 is 11.9 Å². The zero-order chi connectivity index (χ0) is 18.9. The Morgan fingerprint density at radius 2 is 1.88 bits per heavy atom. The molecule has 0 saturated heterocycles. The lowest BCUT2D eigenvalue weighted by Gasteiger charge is -2.27. The van der Waals surface area contributed by atoms with Crippen molar-refractivity contribution < 1.29 is 18.3 Å². The standard InChI is InChI=1S/C19H19F2N3O2/c1-3-12-11-14(9-10-15(12)26-17(20)21)19(13-7-5-4-6-8-13)16(25)24(2)18(22)23-19/h4-11,17H,3H2,1-2H3,(H2,22,23). The molecule has 1 amide bonds. The number of aliphatic imine (C=N–C) groups is 1. The maximum absolute atomic E-state index is 13.1. The van der Waals surface area contributed by atoms with Gasteiger partial charge < -0.3 is 10.5 Å². The van der Waals surface area contributed by atoms with Crippen molar-refractivity contribution in [2.75, 3.05) is 7.05 Å². The fourth-order valence-electron chi connectivity index (χ4n) is 3.16. The van der Waals surface area contributed by atoms with E-state index < -0.39 is 12.2 Å². The zero-order valence-electron chi connectivity index (χ0n) is 14.4. The van der Waals surface area contributed by atoms with E-state index in [0.717, 1.165) is 0 Å². The lowest BCUT2D eigenvalue weighted by Crippen LogP contribution is -2.41. The van der Waals surface area contributed by atoms with Crippen LogP contribution in [-0.4, -0.2) is 30.4 Å². The summed E-state index contributed by atoms with van der Waals surface area (Å²) in [6.45, 7) is -1.09. The minimum Gasteiger partial charge on any atom is -0.435 e. The molecule has 0 aromatic heterocycles.